The van der Waals surface area contributed by atoms with Gasteiger partial charge in [0.05, 0.1) is 33.4 Å². The van der Waals surface area contributed by atoms with Crippen molar-refractivity contribution in [1.82, 2.24) is 4.57 Å². The van der Waals surface area contributed by atoms with Crippen LogP contribution in [-0.2, 0) is 17.8 Å². The summed E-state index contributed by atoms with van der Waals surface area (Å²) in [5.74, 6) is -0.475. The zero-order valence-electron chi connectivity index (χ0n) is 16.4. The van der Waals surface area contributed by atoms with Gasteiger partial charge in [-0.15, -0.1) is 0 Å². The molecule has 0 aliphatic rings. The minimum Gasteiger partial charge on any atom is -0.489 e. The number of nitrogens with one attached hydrogen (secondary N) is 1. The molecule has 0 aliphatic carbocycles. The highest BCUT2D eigenvalue weighted by atomic mass is 32.2. The lowest BCUT2D eigenvalue weighted by atomic mass is 10.1. The van der Waals surface area contributed by atoms with E-state index in [9.17, 15) is 18.8 Å². The predicted octanol–water partition coefficient (Wildman–Crippen LogP) is 1.35. The van der Waals surface area contributed by atoms with Gasteiger partial charge in [0, 0.05) is 25.2 Å². The summed E-state index contributed by atoms with van der Waals surface area (Å²) in [6.07, 6.45) is 1.43. The number of hydrogen-bond acceptors (Lipinski definition) is 7. The molecule has 0 amide bonds. The smallest absolute Gasteiger partial charge is 0.169 e. The third kappa shape index (κ3) is 5.33. The number of aryl methyl sites for hydroxylation is 1. The van der Waals surface area contributed by atoms with E-state index in [1.807, 2.05) is 0 Å². The summed E-state index contributed by atoms with van der Waals surface area (Å²) in [4.78, 5) is 0.360. The number of benzene rings is 1. The number of nitrogens with two attached hydrogens (primary N) is 1. The number of aliphatic hydroxyl groups is 2. The fourth-order valence-electron chi connectivity index (χ4n) is 2.78. The third-order valence-electron chi connectivity index (χ3n) is 4.44. The second kappa shape index (κ2) is 9.84. The van der Waals surface area contributed by atoms with Gasteiger partial charge in [-0.3, -0.25) is 4.21 Å². The van der Waals surface area contributed by atoms with Gasteiger partial charge in [-0.05, 0) is 24.6 Å². The fourth-order valence-corrected chi connectivity index (χ4v) is 3.51. The zero-order valence-corrected chi connectivity index (χ0v) is 17.2. The molecule has 29 heavy (non-hydrogen) atoms. The summed E-state index contributed by atoms with van der Waals surface area (Å²) in [5, 5.41) is 32.3. The SMILES string of the molecule is CCC(O)[C@H](N)COc1c(S(C)=O)cn(C)c1C(O)Nc1ccc(F)c(C#N)c1. The van der Waals surface area contributed by atoms with Gasteiger partial charge in [-0.25, -0.2) is 4.39 Å². The van der Waals surface area contributed by atoms with Gasteiger partial charge < -0.3 is 30.6 Å². The Kier molecular flexibility index (Phi) is 7.75. The molecule has 5 N–H and O–H groups in total. The Bertz CT molecular complexity index is 928. The van der Waals surface area contributed by atoms with Crippen LogP contribution >= 0.6 is 0 Å². The molecule has 158 valence electrons. The molecule has 0 spiro atoms. The molecule has 1 aromatic heterocycles. The van der Waals surface area contributed by atoms with Crippen LogP contribution in [0.5, 0.6) is 5.75 Å². The molecule has 10 heteroatoms. The highest BCUT2D eigenvalue weighted by molar-refractivity contribution is 7.84. The maximum atomic E-state index is 13.5. The number of aliphatic hydroxyl groups excluding tert-OH is 2. The van der Waals surface area contributed by atoms with Crippen LogP contribution in [0, 0.1) is 17.1 Å². The lowest BCUT2D eigenvalue weighted by Gasteiger charge is -2.21. The molecular weight excluding hydrogens is 399 g/mol. The quantitative estimate of drug-likeness (QED) is 0.447. The Balaban J connectivity index is 2.33. The van der Waals surface area contributed by atoms with Crippen LogP contribution in [0.1, 0.15) is 30.8 Å². The van der Waals surface area contributed by atoms with Crippen molar-refractivity contribution in [2.75, 3.05) is 18.2 Å². The van der Waals surface area contributed by atoms with Crippen LogP contribution in [0.15, 0.2) is 29.3 Å². The second-order valence-electron chi connectivity index (χ2n) is 6.58. The largest absolute Gasteiger partial charge is 0.489 e. The van der Waals surface area contributed by atoms with Crippen LogP contribution in [-0.4, -0.2) is 44.0 Å². The first-order valence-electron chi connectivity index (χ1n) is 8.92. The summed E-state index contributed by atoms with van der Waals surface area (Å²) in [7, 11) is 0.239. The average Bonchev–Trinajstić information content (AvgIpc) is 3.03. The molecule has 3 unspecified atom stereocenters. The number of aromatic nitrogens is 1. The van der Waals surface area contributed by atoms with Gasteiger partial charge in [0.1, 0.15) is 24.2 Å². The summed E-state index contributed by atoms with van der Waals surface area (Å²) in [5.41, 5.74) is 6.33. The topological polar surface area (TPSA) is 134 Å². The molecule has 0 saturated heterocycles. The van der Waals surface area contributed by atoms with Crippen molar-refractivity contribution < 1.29 is 23.5 Å². The van der Waals surface area contributed by atoms with Crippen LogP contribution < -0.4 is 15.8 Å². The third-order valence-corrected chi connectivity index (χ3v) is 5.35. The van der Waals surface area contributed by atoms with Gasteiger partial charge in [0.25, 0.3) is 0 Å². The van der Waals surface area contributed by atoms with Crippen LogP contribution in [0.25, 0.3) is 0 Å². The van der Waals surface area contributed by atoms with Crippen LogP contribution in [0.4, 0.5) is 10.1 Å². The number of nitriles is 1. The van der Waals surface area contributed by atoms with Gasteiger partial charge in [-0.2, -0.15) is 5.26 Å². The highest BCUT2D eigenvalue weighted by Gasteiger charge is 2.25. The highest BCUT2D eigenvalue weighted by Crippen LogP contribution is 2.34. The van der Waals surface area contributed by atoms with E-state index in [2.05, 4.69) is 5.32 Å². The second-order valence-corrected chi connectivity index (χ2v) is 7.92. The number of nitrogens with zero attached hydrogens (tertiary/aromatic N) is 2. The summed E-state index contributed by atoms with van der Waals surface area (Å²) >= 11 is 0. The van der Waals surface area contributed by atoms with Gasteiger partial charge in [0.15, 0.2) is 12.0 Å². The van der Waals surface area contributed by atoms with E-state index >= 15 is 0 Å². The van der Waals surface area contributed by atoms with Crippen LogP contribution in [0.3, 0.4) is 0 Å². The van der Waals surface area contributed by atoms with Gasteiger partial charge in [0.2, 0.25) is 0 Å². The van der Waals surface area contributed by atoms with Crippen molar-refractivity contribution in [3.63, 3.8) is 0 Å². The van der Waals surface area contributed by atoms with E-state index in [0.29, 0.717) is 17.0 Å². The Morgan fingerprint density at radius 2 is 2.14 bits per heavy atom. The summed E-state index contributed by atoms with van der Waals surface area (Å²) in [6, 6.07) is 4.85. The molecule has 0 aliphatic heterocycles. The fraction of sp³-hybridized carbons (Fsp3) is 0.421. The average molecular weight is 424 g/mol. The molecule has 4 atom stereocenters. The lowest BCUT2D eigenvalue weighted by molar-refractivity contribution is 0.109. The van der Waals surface area contributed by atoms with Crippen molar-refractivity contribution in [2.45, 2.75) is 36.6 Å². The number of rotatable bonds is 9. The Morgan fingerprint density at radius 3 is 2.72 bits per heavy atom. The first-order valence-corrected chi connectivity index (χ1v) is 10.5. The van der Waals surface area contributed by atoms with Crippen molar-refractivity contribution in [3.05, 3.63) is 41.5 Å². The van der Waals surface area contributed by atoms with Gasteiger partial charge in [-0.1, -0.05) is 6.92 Å². The first kappa shape index (κ1) is 22.8. The number of halogens is 1. The van der Waals surface area contributed by atoms with E-state index in [1.165, 1.54) is 18.4 Å². The normalized spacial score (nSPS) is 15.2. The monoisotopic (exact) mass is 424 g/mol. The lowest BCUT2D eigenvalue weighted by Crippen LogP contribution is -2.39. The standard InChI is InChI=1S/C19H25FN4O4S/c1-4-15(25)14(22)10-28-18-16(29(3)27)9-24(2)17(18)19(26)23-12-5-6-13(20)11(7-12)8-21/h5-7,9,14-15,19,23,25-26H,4,10,22H2,1-3H3/t14-,15?,19?,29?/m1/s1. The van der Waals surface area contributed by atoms with Crippen LogP contribution in [0.2, 0.25) is 0 Å². The van der Waals surface area contributed by atoms with E-state index in [-0.39, 0.29) is 23.6 Å². The molecule has 0 saturated carbocycles. The predicted molar refractivity (Wildman–Crippen MR) is 107 cm³/mol. The number of hydrogen-bond donors (Lipinski definition) is 4. The molecule has 2 aromatic rings. The van der Waals surface area contributed by atoms with E-state index in [4.69, 9.17) is 15.7 Å². The molecule has 0 bridgehead atoms. The molecule has 0 fully saturated rings. The number of ether oxygens (including phenoxy) is 1. The van der Waals surface area contributed by atoms with Crippen molar-refractivity contribution in [1.29, 1.82) is 5.26 Å². The van der Waals surface area contributed by atoms with E-state index in [0.717, 1.165) is 6.07 Å². The van der Waals surface area contributed by atoms with E-state index in [1.54, 1.807) is 30.8 Å². The molecule has 8 nitrogen and oxygen atoms in total. The Hall–Kier alpha value is -2.45. The maximum Gasteiger partial charge on any atom is 0.169 e. The summed E-state index contributed by atoms with van der Waals surface area (Å²) in [6.45, 7) is 1.74. The van der Waals surface area contributed by atoms with Gasteiger partial charge >= 0.3 is 0 Å². The molecular formula is C19H25FN4O4S. The van der Waals surface area contributed by atoms with Crippen molar-refractivity contribution in [3.8, 4) is 11.8 Å². The zero-order chi connectivity index (χ0) is 21.7. The maximum absolute atomic E-state index is 13.5. The Morgan fingerprint density at radius 1 is 1.45 bits per heavy atom. The first-order chi connectivity index (χ1) is 13.7. The number of anilines is 1. The van der Waals surface area contributed by atoms with Crippen molar-refractivity contribution >= 4 is 16.5 Å². The van der Waals surface area contributed by atoms with E-state index < -0.39 is 35.0 Å². The molecule has 0 radical (unpaired) electrons. The molecule has 2 rings (SSSR count). The minimum absolute atomic E-state index is 0.0436. The minimum atomic E-state index is -1.41. The molecule has 1 heterocycles. The van der Waals surface area contributed by atoms with Crippen molar-refractivity contribution in [2.24, 2.45) is 12.8 Å². The summed E-state index contributed by atoms with van der Waals surface area (Å²) < 4.78 is 32.9. The Labute approximate surface area is 171 Å². The molecule has 1 aromatic carbocycles.